The lowest BCUT2D eigenvalue weighted by atomic mass is 9.89. The van der Waals surface area contributed by atoms with Crippen LogP contribution < -0.4 is 0 Å². The van der Waals surface area contributed by atoms with Gasteiger partial charge < -0.3 is 0 Å². The van der Waals surface area contributed by atoms with Crippen molar-refractivity contribution in [1.29, 1.82) is 0 Å². The summed E-state index contributed by atoms with van der Waals surface area (Å²) in [6.07, 6.45) is 2.90. The second-order valence-corrected chi connectivity index (χ2v) is 6.92. The number of halogens is 3. The van der Waals surface area contributed by atoms with Gasteiger partial charge in [-0.3, -0.25) is 0 Å². The first-order valence-corrected chi connectivity index (χ1v) is 7.18. The highest BCUT2D eigenvalue weighted by Gasteiger charge is 2.21. The molecule has 0 spiro atoms. The number of hydrogen-bond acceptors (Lipinski definition) is 0. The van der Waals surface area contributed by atoms with Crippen LogP contribution in [0.3, 0.4) is 0 Å². The van der Waals surface area contributed by atoms with Gasteiger partial charge in [-0.1, -0.05) is 60.4 Å². The molecule has 3 heteroatoms. The van der Waals surface area contributed by atoms with Gasteiger partial charge in [-0.2, -0.15) is 0 Å². The maximum atomic E-state index is 13.2. The molecular formula is C14H19BrClF. The number of benzene rings is 1. The van der Waals surface area contributed by atoms with Crippen molar-refractivity contribution in [3.05, 3.63) is 34.6 Å². The van der Waals surface area contributed by atoms with Crippen molar-refractivity contribution in [2.24, 2.45) is 5.41 Å². The van der Waals surface area contributed by atoms with E-state index in [9.17, 15) is 4.39 Å². The third-order valence-corrected chi connectivity index (χ3v) is 5.13. The summed E-state index contributed by atoms with van der Waals surface area (Å²) in [4.78, 5) is 0.474. The van der Waals surface area contributed by atoms with Crippen molar-refractivity contribution in [1.82, 2.24) is 0 Å². The van der Waals surface area contributed by atoms with Crippen LogP contribution in [0.2, 0.25) is 5.02 Å². The van der Waals surface area contributed by atoms with E-state index < -0.39 is 0 Å². The summed E-state index contributed by atoms with van der Waals surface area (Å²) in [5.74, 6) is -0.324. The topological polar surface area (TPSA) is 0 Å². The van der Waals surface area contributed by atoms with Crippen molar-refractivity contribution in [2.75, 3.05) is 0 Å². The molecular weight excluding hydrogens is 303 g/mol. The first-order chi connectivity index (χ1) is 7.82. The monoisotopic (exact) mass is 320 g/mol. The van der Waals surface area contributed by atoms with Gasteiger partial charge in [-0.15, -0.1) is 0 Å². The van der Waals surface area contributed by atoms with Crippen LogP contribution in [0, 0.1) is 11.2 Å². The average Bonchev–Trinajstić information content (AvgIpc) is 2.22. The fraction of sp³-hybridized carbons (Fsp3) is 0.571. The lowest BCUT2D eigenvalue weighted by Gasteiger charge is -2.25. The van der Waals surface area contributed by atoms with E-state index in [2.05, 4.69) is 36.7 Å². The van der Waals surface area contributed by atoms with Crippen molar-refractivity contribution in [2.45, 2.75) is 44.9 Å². The maximum absolute atomic E-state index is 13.2. The fourth-order valence-corrected chi connectivity index (χ4v) is 2.19. The Balaban J connectivity index is 2.49. The fourth-order valence-electron chi connectivity index (χ4n) is 1.65. The van der Waals surface area contributed by atoms with Gasteiger partial charge in [0.05, 0.1) is 5.02 Å². The van der Waals surface area contributed by atoms with Gasteiger partial charge >= 0.3 is 0 Å². The molecule has 1 aromatic rings. The van der Waals surface area contributed by atoms with Gasteiger partial charge in [0, 0.05) is 4.83 Å². The SMILES string of the molecule is CC(C)(C)C(Br)CCCc1cccc(F)c1Cl. The van der Waals surface area contributed by atoms with Crippen LogP contribution in [0.15, 0.2) is 18.2 Å². The second-order valence-electron chi connectivity index (χ2n) is 5.44. The minimum atomic E-state index is -0.324. The van der Waals surface area contributed by atoms with Crippen LogP contribution in [0.1, 0.15) is 39.2 Å². The molecule has 0 N–H and O–H groups in total. The predicted molar refractivity (Wildman–Crippen MR) is 76.5 cm³/mol. The van der Waals surface area contributed by atoms with Crippen molar-refractivity contribution in [3.8, 4) is 0 Å². The number of alkyl halides is 1. The molecule has 17 heavy (non-hydrogen) atoms. The minimum Gasteiger partial charge on any atom is -0.205 e. The third-order valence-electron chi connectivity index (χ3n) is 2.87. The molecule has 0 aliphatic rings. The highest BCUT2D eigenvalue weighted by atomic mass is 79.9. The Kier molecular flexibility index (Phi) is 5.46. The number of hydrogen-bond donors (Lipinski definition) is 0. The van der Waals surface area contributed by atoms with Gasteiger partial charge in [-0.25, -0.2) is 4.39 Å². The summed E-state index contributed by atoms with van der Waals surface area (Å²) in [7, 11) is 0. The Morgan fingerprint density at radius 2 is 2.00 bits per heavy atom. The van der Waals surface area contributed by atoms with Crippen LogP contribution in [-0.4, -0.2) is 4.83 Å². The highest BCUT2D eigenvalue weighted by molar-refractivity contribution is 9.09. The molecule has 96 valence electrons. The highest BCUT2D eigenvalue weighted by Crippen LogP contribution is 2.30. The molecule has 0 fully saturated rings. The molecule has 1 atom stereocenters. The van der Waals surface area contributed by atoms with E-state index in [1.165, 1.54) is 6.07 Å². The van der Waals surface area contributed by atoms with E-state index in [1.54, 1.807) is 6.07 Å². The smallest absolute Gasteiger partial charge is 0.142 e. The van der Waals surface area contributed by atoms with Gasteiger partial charge in [0.25, 0.3) is 0 Å². The van der Waals surface area contributed by atoms with E-state index in [0.29, 0.717) is 4.83 Å². The van der Waals surface area contributed by atoms with Crippen LogP contribution in [0.5, 0.6) is 0 Å². The van der Waals surface area contributed by atoms with Gasteiger partial charge in [0.1, 0.15) is 5.82 Å². The van der Waals surface area contributed by atoms with Crippen LogP contribution in [-0.2, 0) is 6.42 Å². The molecule has 1 aromatic carbocycles. The normalized spacial score (nSPS) is 13.8. The van der Waals surface area contributed by atoms with Crippen LogP contribution in [0.4, 0.5) is 4.39 Å². The minimum absolute atomic E-state index is 0.256. The molecule has 0 saturated heterocycles. The Morgan fingerprint density at radius 3 is 2.59 bits per heavy atom. The van der Waals surface area contributed by atoms with Crippen LogP contribution >= 0.6 is 27.5 Å². The van der Waals surface area contributed by atoms with Crippen molar-refractivity contribution >= 4 is 27.5 Å². The van der Waals surface area contributed by atoms with E-state index >= 15 is 0 Å². The first kappa shape index (κ1) is 15.0. The summed E-state index contributed by atoms with van der Waals surface area (Å²) < 4.78 is 13.2. The lowest BCUT2D eigenvalue weighted by Crippen LogP contribution is -2.20. The zero-order valence-electron chi connectivity index (χ0n) is 10.6. The quantitative estimate of drug-likeness (QED) is 0.632. The van der Waals surface area contributed by atoms with E-state index in [1.807, 2.05) is 6.07 Å². The lowest BCUT2D eigenvalue weighted by molar-refractivity contribution is 0.380. The summed E-state index contributed by atoms with van der Waals surface area (Å²) >= 11 is 9.61. The molecule has 0 aliphatic carbocycles. The molecule has 0 nitrogen and oxygen atoms in total. The van der Waals surface area contributed by atoms with E-state index in [0.717, 1.165) is 24.8 Å². The van der Waals surface area contributed by atoms with E-state index in [-0.39, 0.29) is 16.3 Å². The largest absolute Gasteiger partial charge is 0.205 e. The molecule has 0 aromatic heterocycles. The Hall–Kier alpha value is -0.0800. The van der Waals surface area contributed by atoms with E-state index in [4.69, 9.17) is 11.6 Å². The Labute approximate surface area is 117 Å². The average molecular weight is 322 g/mol. The van der Waals surface area contributed by atoms with Gasteiger partial charge in [0.15, 0.2) is 0 Å². The van der Waals surface area contributed by atoms with Gasteiger partial charge in [0.2, 0.25) is 0 Å². The van der Waals surface area contributed by atoms with Crippen molar-refractivity contribution in [3.63, 3.8) is 0 Å². The molecule has 0 amide bonds. The molecule has 0 aliphatic heterocycles. The number of aryl methyl sites for hydroxylation is 1. The van der Waals surface area contributed by atoms with Crippen LogP contribution in [0.25, 0.3) is 0 Å². The zero-order valence-corrected chi connectivity index (χ0v) is 12.9. The summed E-state index contributed by atoms with van der Waals surface area (Å²) in [6, 6.07) is 5.01. The Bertz CT molecular complexity index is 371. The molecule has 1 rings (SSSR count). The van der Waals surface area contributed by atoms with Crippen molar-refractivity contribution < 1.29 is 4.39 Å². The second kappa shape index (κ2) is 6.19. The molecule has 0 bridgehead atoms. The van der Waals surface area contributed by atoms with Gasteiger partial charge in [-0.05, 0) is 36.3 Å². The summed E-state index contributed by atoms with van der Waals surface area (Å²) in [6.45, 7) is 6.63. The standard InChI is InChI=1S/C14H19BrClF/c1-14(2,3)12(15)9-5-7-10-6-4-8-11(17)13(10)16/h4,6,8,12H,5,7,9H2,1-3H3. The third kappa shape index (κ3) is 4.59. The Morgan fingerprint density at radius 1 is 1.35 bits per heavy atom. The zero-order chi connectivity index (χ0) is 13.1. The molecule has 0 saturated carbocycles. The summed E-state index contributed by atoms with van der Waals surface area (Å²) in [5, 5.41) is 0.273. The molecule has 0 radical (unpaired) electrons. The first-order valence-electron chi connectivity index (χ1n) is 5.89. The predicted octanol–water partition coefficient (Wildman–Crippen LogP) is 5.61. The maximum Gasteiger partial charge on any atom is 0.142 e. The molecule has 1 unspecified atom stereocenters. The molecule has 0 heterocycles. The number of rotatable bonds is 4. The summed E-state index contributed by atoms with van der Waals surface area (Å²) in [5.41, 5.74) is 1.16.